The molecule has 0 bridgehead atoms. The molecule has 0 amide bonds. The van der Waals surface area contributed by atoms with E-state index in [-0.39, 0.29) is 6.04 Å². The van der Waals surface area contributed by atoms with Gasteiger partial charge in [0.2, 0.25) is 6.41 Å². The summed E-state index contributed by atoms with van der Waals surface area (Å²) in [6.07, 6.45) is 0.335. The normalized spacial score (nSPS) is 16.3. The monoisotopic (exact) mass is 147 g/mol. The number of ether oxygens (including phenoxy) is 1. The van der Waals surface area contributed by atoms with E-state index in [1.165, 1.54) is 7.11 Å². The van der Waals surface area contributed by atoms with E-state index in [1.54, 1.807) is 0 Å². The molecule has 0 aromatic carbocycles. The Morgan fingerprint density at radius 3 is 2.70 bits per heavy atom. The molecule has 0 aliphatic carbocycles. The summed E-state index contributed by atoms with van der Waals surface area (Å²) in [7, 11) is 1.36. The average molecular weight is 147 g/mol. The van der Waals surface area contributed by atoms with Crippen molar-refractivity contribution >= 4 is 6.29 Å². The molecular formula is C6H13NO3. The first-order valence-corrected chi connectivity index (χ1v) is 3.16. The zero-order valence-corrected chi connectivity index (χ0v) is 6.20. The molecule has 0 heterocycles. The van der Waals surface area contributed by atoms with Gasteiger partial charge in [-0.25, -0.2) is 0 Å². The van der Waals surface area contributed by atoms with Crippen LogP contribution in [-0.4, -0.2) is 31.0 Å². The van der Waals surface area contributed by atoms with Crippen LogP contribution in [0.25, 0.3) is 0 Å². The SMILES string of the molecule is CCC(C=O)NC(O)OC. The smallest absolute Gasteiger partial charge is 0.213 e. The van der Waals surface area contributed by atoms with E-state index in [2.05, 4.69) is 10.1 Å². The minimum absolute atomic E-state index is 0.324. The molecule has 0 aromatic heterocycles. The fourth-order valence-corrected chi connectivity index (χ4v) is 0.505. The Balaban J connectivity index is 3.51. The van der Waals surface area contributed by atoms with E-state index < -0.39 is 6.41 Å². The summed E-state index contributed by atoms with van der Waals surface area (Å²) >= 11 is 0. The number of rotatable bonds is 5. The first-order chi connectivity index (χ1) is 4.74. The lowest BCUT2D eigenvalue weighted by atomic mass is 10.2. The van der Waals surface area contributed by atoms with Gasteiger partial charge in [-0.15, -0.1) is 0 Å². The standard InChI is InChI=1S/C6H13NO3/c1-3-5(4-8)7-6(9)10-2/h4-7,9H,3H2,1-2H3. The Bertz CT molecular complexity index is 97.0. The van der Waals surface area contributed by atoms with Crippen molar-refractivity contribution < 1.29 is 14.6 Å². The van der Waals surface area contributed by atoms with Gasteiger partial charge < -0.3 is 14.6 Å². The first-order valence-electron chi connectivity index (χ1n) is 3.16. The highest BCUT2D eigenvalue weighted by Crippen LogP contribution is 1.87. The van der Waals surface area contributed by atoms with E-state index in [1.807, 2.05) is 6.92 Å². The molecule has 4 heteroatoms. The summed E-state index contributed by atoms with van der Waals surface area (Å²) in [5, 5.41) is 11.3. The number of carbonyl (C=O) groups is 1. The van der Waals surface area contributed by atoms with Crippen LogP contribution in [0.4, 0.5) is 0 Å². The predicted octanol–water partition coefficient (Wildman–Crippen LogP) is -0.524. The van der Waals surface area contributed by atoms with E-state index in [0.29, 0.717) is 6.42 Å². The number of nitrogens with one attached hydrogen (secondary N) is 1. The minimum Gasteiger partial charge on any atom is -0.356 e. The summed E-state index contributed by atoms with van der Waals surface area (Å²) in [6.45, 7) is 1.84. The van der Waals surface area contributed by atoms with Crippen LogP contribution in [0.3, 0.4) is 0 Å². The summed E-state index contributed by atoms with van der Waals surface area (Å²) in [5.41, 5.74) is 0. The molecule has 0 aliphatic heterocycles. The van der Waals surface area contributed by atoms with Gasteiger partial charge in [0.1, 0.15) is 6.29 Å². The second-order valence-electron chi connectivity index (χ2n) is 1.91. The largest absolute Gasteiger partial charge is 0.356 e. The van der Waals surface area contributed by atoms with Crippen LogP contribution >= 0.6 is 0 Å². The van der Waals surface area contributed by atoms with Crippen LogP contribution in [0.1, 0.15) is 13.3 Å². The van der Waals surface area contributed by atoms with Crippen molar-refractivity contribution in [1.82, 2.24) is 5.32 Å². The van der Waals surface area contributed by atoms with Gasteiger partial charge in [-0.3, -0.25) is 5.32 Å². The molecule has 0 spiro atoms. The van der Waals surface area contributed by atoms with Crippen LogP contribution in [0.15, 0.2) is 0 Å². The highest BCUT2D eigenvalue weighted by Gasteiger charge is 2.07. The number of aliphatic hydroxyl groups is 1. The molecule has 0 fully saturated rings. The van der Waals surface area contributed by atoms with Crippen molar-refractivity contribution in [3.05, 3.63) is 0 Å². The molecule has 2 atom stereocenters. The third-order valence-electron chi connectivity index (χ3n) is 1.18. The molecular weight excluding hydrogens is 134 g/mol. The molecule has 2 unspecified atom stereocenters. The van der Waals surface area contributed by atoms with Gasteiger partial charge in [0.15, 0.2) is 0 Å². The van der Waals surface area contributed by atoms with Crippen LogP contribution in [0.2, 0.25) is 0 Å². The Kier molecular flexibility index (Phi) is 5.10. The molecule has 10 heavy (non-hydrogen) atoms. The quantitative estimate of drug-likeness (QED) is 0.405. The maximum atomic E-state index is 10.2. The zero-order chi connectivity index (χ0) is 7.98. The third-order valence-corrected chi connectivity index (χ3v) is 1.18. The third kappa shape index (κ3) is 3.55. The summed E-state index contributed by atoms with van der Waals surface area (Å²) in [5.74, 6) is 0. The number of aldehydes is 1. The van der Waals surface area contributed by atoms with Crippen LogP contribution in [0.5, 0.6) is 0 Å². The number of methoxy groups -OCH3 is 1. The molecule has 0 rings (SSSR count). The van der Waals surface area contributed by atoms with Crippen molar-refractivity contribution in [1.29, 1.82) is 0 Å². The molecule has 0 saturated heterocycles. The highest BCUT2D eigenvalue weighted by atomic mass is 16.6. The molecule has 0 aliphatic rings. The predicted molar refractivity (Wildman–Crippen MR) is 36.3 cm³/mol. The Morgan fingerprint density at radius 1 is 1.80 bits per heavy atom. The molecule has 0 radical (unpaired) electrons. The van der Waals surface area contributed by atoms with Crippen molar-refractivity contribution in [2.75, 3.05) is 7.11 Å². The van der Waals surface area contributed by atoms with Crippen LogP contribution in [-0.2, 0) is 9.53 Å². The van der Waals surface area contributed by atoms with E-state index in [0.717, 1.165) is 6.29 Å². The second-order valence-corrected chi connectivity index (χ2v) is 1.91. The van der Waals surface area contributed by atoms with E-state index in [4.69, 9.17) is 5.11 Å². The topological polar surface area (TPSA) is 58.6 Å². The maximum Gasteiger partial charge on any atom is 0.213 e. The Hall–Kier alpha value is -0.450. The lowest BCUT2D eigenvalue weighted by Gasteiger charge is -2.14. The highest BCUT2D eigenvalue weighted by molar-refractivity contribution is 5.57. The fraction of sp³-hybridized carbons (Fsp3) is 0.833. The molecule has 60 valence electrons. The van der Waals surface area contributed by atoms with E-state index >= 15 is 0 Å². The first kappa shape index (κ1) is 9.55. The van der Waals surface area contributed by atoms with Crippen molar-refractivity contribution in [2.24, 2.45) is 0 Å². The number of carbonyl (C=O) groups excluding carboxylic acids is 1. The van der Waals surface area contributed by atoms with Gasteiger partial charge in [0, 0.05) is 7.11 Å². The summed E-state index contributed by atoms with van der Waals surface area (Å²) < 4.78 is 4.47. The van der Waals surface area contributed by atoms with Gasteiger partial charge in [-0.2, -0.15) is 0 Å². The second kappa shape index (κ2) is 5.34. The van der Waals surface area contributed by atoms with Crippen LogP contribution < -0.4 is 5.32 Å². The lowest BCUT2D eigenvalue weighted by molar-refractivity contribution is -0.121. The van der Waals surface area contributed by atoms with E-state index in [9.17, 15) is 4.79 Å². The fourth-order valence-electron chi connectivity index (χ4n) is 0.505. The average Bonchev–Trinajstić information content (AvgIpc) is 1.99. The Labute approximate surface area is 60.2 Å². The summed E-state index contributed by atoms with van der Waals surface area (Å²) in [6, 6.07) is -0.324. The molecule has 4 nitrogen and oxygen atoms in total. The van der Waals surface area contributed by atoms with Gasteiger partial charge in [0.05, 0.1) is 6.04 Å². The minimum atomic E-state index is -1.05. The van der Waals surface area contributed by atoms with Crippen molar-refractivity contribution in [2.45, 2.75) is 25.8 Å². The molecule has 0 saturated carbocycles. The van der Waals surface area contributed by atoms with Crippen molar-refractivity contribution in [3.8, 4) is 0 Å². The zero-order valence-electron chi connectivity index (χ0n) is 6.20. The van der Waals surface area contributed by atoms with Crippen LogP contribution in [0, 0.1) is 0 Å². The summed E-state index contributed by atoms with van der Waals surface area (Å²) in [4.78, 5) is 10.2. The van der Waals surface area contributed by atoms with Gasteiger partial charge in [-0.1, -0.05) is 6.92 Å². The Morgan fingerprint density at radius 2 is 2.40 bits per heavy atom. The maximum absolute atomic E-state index is 10.2. The van der Waals surface area contributed by atoms with Gasteiger partial charge in [-0.05, 0) is 6.42 Å². The number of hydrogen-bond acceptors (Lipinski definition) is 4. The number of aliphatic hydroxyl groups excluding tert-OH is 1. The number of hydrogen-bond donors (Lipinski definition) is 2. The van der Waals surface area contributed by atoms with Gasteiger partial charge >= 0.3 is 0 Å². The van der Waals surface area contributed by atoms with Crippen molar-refractivity contribution in [3.63, 3.8) is 0 Å². The lowest BCUT2D eigenvalue weighted by Crippen LogP contribution is -2.39. The molecule has 2 N–H and O–H groups in total. The van der Waals surface area contributed by atoms with Gasteiger partial charge in [0.25, 0.3) is 0 Å². The molecule has 0 aromatic rings.